The molecule has 2 atom stereocenters. The van der Waals surface area contributed by atoms with Gasteiger partial charge in [0.1, 0.15) is 0 Å². The van der Waals surface area contributed by atoms with Crippen molar-refractivity contribution in [2.45, 2.75) is 24.7 Å². The molecular formula is C22H21F3N2O3S. The van der Waals surface area contributed by atoms with Crippen molar-refractivity contribution in [1.82, 2.24) is 4.98 Å². The number of nitrogens with one attached hydrogen (secondary N) is 1. The fraction of sp³-hybridized carbons (Fsp3) is 0.318. The maximum atomic E-state index is 14.2. The van der Waals surface area contributed by atoms with Crippen molar-refractivity contribution in [2.24, 2.45) is 0 Å². The summed E-state index contributed by atoms with van der Waals surface area (Å²) in [6, 6.07) is 11.8. The number of alkyl halides is 3. The summed E-state index contributed by atoms with van der Waals surface area (Å²) in [7, 11) is 0. The number of aliphatic hydroxyl groups is 1. The molecule has 0 amide bonds. The minimum atomic E-state index is -4.89. The Morgan fingerprint density at radius 1 is 1.13 bits per heavy atom. The fourth-order valence-corrected chi connectivity index (χ4v) is 4.43. The monoisotopic (exact) mass is 450 g/mol. The van der Waals surface area contributed by atoms with E-state index >= 15 is 0 Å². The van der Waals surface area contributed by atoms with Crippen LogP contribution in [0.2, 0.25) is 0 Å². The first-order chi connectivity index (χ1) is 14.7. The first kappa shape index (κ1) is 21.6. The van der Waals surface area contributed by atoms with E-state index in [0.717, 1.165) is 17.5 Å². The first-order valence-corrected chi connectivity index (χ1v) is 10.9. The minimum absolute atomic E-state index is 0.000421. The molecule has 3 aromatic rings. The van der Waals surface area contributed by atoms with Gasteiger partial charge < -0.3 is 19.9 Å². The molecule has 0 radical (unpaired) electrons. The molecule has 1 aromatic heterocycles. The van der Waals surface area contributed by atoms with Crippen molar-refractivity contribution in [3.05, 3.63) is 59.8 Å². The van der Waals surface area contributed by atoms with Gasteiger partial charge in [0.05, 0.1) is 11.6 Å². The number of hydrogen-bond donors (Lipinski definition) is 2. The summed E-state index contributed by atoms with van der Waals surface area (Å²) in [6.45, 7) is 1.84. The third kappa shape index (κ3) is 3.99. The summed E-state index contributed by atoms with van der Waals surface area (Å²) >= 11 is 0.922. The number of rotatable bonds is 6. The van der Waals surface area contributed by atoms with E-state index in [4.69, 9.17) is 9.47 Å². The van der Waals surface area contributed by atoms with Gasteiger partial charge in [0.2, 0.25) is 6.79 Å². The largest absolute Gasteiger partial charge is 0.454 e. The van der Waals surface area contributed by atoms with Gasteiger partial charge in [0, 0.05) is 22.5 Å². The number of aromatic nitrogens is 1. The highest BCUT2D eigenvalue weighted by Gasteiger charge is 2.59. The van der Waals surface area contributed by atoms with Crippen LogP contribution in [0.3, 0.4) is 0 Å². The zero-order valence-electron chi connectivity index (χ0n) is 16.9. The topological polar surface area (TPSA) is 63.6 Å². The number of ether oxygens (including phenoxy) is 2. The van der Waals surface area contributed by atoms with E-state index in [1.807, 2.05) is 6.92 Å². The number of anilines is 1. The van der Waals surface area contributed by atoms with E-state index in [-0.39, 0.29) is 12.4 Å². The molecule has 1 aliphatic heterocycles. The smallest absolute Gasteiger partial charge is 0.420 e. The van der Waals surface area contributed by atoms with Gasteiger partial charge in [-0.05, 0) is 55.1 Å². The van der Waals surface area contributed by atoms with Gasteiger partial charge in [-0.2, -0.15) is 24.9 Å². The third-order valence-corrected chi connectivity index (χ3v) is 5.96. The van der Waals surface area contributed by atoms with Crippen LogP contribution in [0.5, 0.6) is 11.5 Å². The molecule has 0 saturated carbocycles. The van der Waals surface area contributed by atoms with Gasteiger partial charge in [-0.15, -0.1) is 0 Å². The molecule has 0 aliphatic carbocycles. The molecule has 1 aliphatic rings. The second-order valence-corrected chi connectivity index (χ2v) is 8.24. The fourth-order valence-electron chi connectivity index (χ4n) is 3.66. The van der Waals surface area contributed by atoms with E-state index in [1.165, 1.54) is 18.4 Å². The zero-order chi connectivity index (χ0) is 22.2. The Bertz CT molecular complexity index is 1110. The predicted molar refractivity (Wildman–Crippen MR) is 115 cm³/mol. The van der Waals surface area contributed by atoms with E-state index < -0.39 is 23.6 Å². The number of thioether (sulfide) groups is 1. The molecule has 0 bridgehead atoms. The van der Waals surface area contributed by atoms with Crippen LogP contribution in [0.1, 0.15) is 17.3 Å². The summed E-state index contributed by atoms with van der Waals surface area (Å²) in [6.07, 6.45) is -3.36. The second kappa shape index (κ2) is 8.12. The molecule has 5 nitrogen and oxygen atoms in total. The lowest BCUT2D eigenvalue weighted by atomic mass is 9.88. The molecule has 0 spiro atoms. The van der Waals surface area contributed by atoms with Crippen LogP contribution in [-0.4, -0.2) is 40.7 Å². The van der Waals surface area contributed by atoms with E-state index in [2.05, 4.69) is 10.3 Å². The summed E-state index contributed by atoms with van der Waals surface area (Å²) in [5.74, 6) is 0.242. The Kier molecular flexibility index (Phi) is 5.65. The van der Waals surface area contributed by atoms with E-state index in [9.17, 15) is 18.3 Å². The Hall–Kier alpha value is -2.65. The van der Waals surface area contributed by atoms with Crippen LogP contribution < -0.4 is 14.8 Å². The number of benzene rings is 2. The van der Waals surface area contributed by atoms with E-state index in [0.29, 0.717) is 28.1 Å². The maximum absolute atomic E-state index is 14.2. The van der Waals surface area contributed by atoms with Crippen LogP contribution in [0, 0.1) is 6.92 Å². The van der Waals surface area contributed by atoms with Crippen LogP contribution >= 0.6 is 11.8 Å². The number of halogens is 3. The van der Waals surface area contributed by atoms with Crippen molar-refractivity contribution in [3.63, 3.8) is 0 Å². The molecule has 2 heterocycles. The van der Waals surface area contributed by atoms with Gasteiger partial charge in [0.15, 0.2) is 17.1 Å². The second-order valence-electron chi connectivity index (χ2n) is 7.37. The molecule has 0 saturated heterocycles. The highest BCUT2D eigenvalue weighted by atomic mass is 32.2. The first-order valence-electron chi connectivity index (χ1n) is 9.53. The lowest BCUT2D eigenvalue weighted by Gasteiger charge is -2.38. The molecule has 0 fully saturated rings. The number of hydrogen-bond acceptors (Lipinski definition) is 6. The van der Waals surface area contributed by atoms with Gasteiger partial charge >= 0.3 is 6.18 Å². The lowest BCUT2D eigenvalue weighted by Crippen LogP contribution is -2.54. The lowest BCUT2D eigenvalue weighted by molar-refractivity contribution is -0.256. The number of fused-ring (bicyclic) bond motifs is 2. The summed E-state index contributed by atoms with van der Waals surface area (Å²) in [5, 5.41) is 14.6. The van der Waals surface area contributed by atoms with Crippen molar-refractivity contribution >= 4 is 28.4 Å². The SMILES string of the molecule is CSCC(O)(C(Nc1cccc2nc(C)ccc12)c1ccc2c(c1)OCO2)C(F)(F)F. The molecular weight excluding hydrogens is 429 g/mol. The number of aryl methyl sites for hydroxylation is 1. The van der Waals surface area contributed by atoms with Gasteiger partial charge in [-0.3, -0.25) is 4.98 Å². The quantitative estimate of drug-likeness (QED) is 0.546. The molecule has 9 heteroatoms. The van der Waals surface area contributed by atoms with Crippen LogP contribution in [0.4, 0.5) is 18.9 Å². The van der Waals surface area contributed by atoms with Gasteiger partial charge in [0.25, 0.3) is 0 Å². The van der Waals surface area contributed by atoms with E-state index in [1.54, 1.807) is 36.4 Å². The molecule has 164 valence electrons. The normalized spacial score (nSPS) is 16.2. The standard InChI is InChI=1S/C22H21F3N2O3S/c1-13-6-8-15-16(26-13)4-3-5-17(15)27-20(21(28,11-31-2)22(23,24)25)14-7-9-18-19(10-14)30-12-29-18/h3-10,20,27-28H,11-12H2,1-2H3. The third-order valence-electron chi connectivity index (χ3n) is 5.23. The van der Waals surface area contributed by atoms with Crippen molar-refractivity contribution in [1.29, 1.82) is 0 Å². The maximum Gasteiger partial charge on any atom is 0.420 e. The summed E-state index contributed by atoms with van der Waals surface area (Å²) in [4.78, 5) is 4.45. The molecule has 2 unspecified atom stereocenters. The van der Waals surface area contributed by atoms with Crippen molar-refractivity contribution in [2.75, 3.05) is 24.1 Å². The average Bonchev–Trinajstić information content (AvgIpc) is 3.18. The summed E-state index contributed by atoms with van der Waals surface area (Å²) in [5.41, 5.74) is -0.923. The van der Waals surface area contributed by atoms with Crippen LogP contribution in [0.25, 0.3) is 10.9 Å². The van der Waals surface area contributed by atoms with Crippen molar-refractivity contribution < 1.29 is 27.8 Å². The van der Waals surface area contributed by atoms with Crippen molar-refractivity contribution in [3.8, 4) is 11.5 Å². The predicted octanol–water partition coefficient (Wildman–Crippen LogP) is 5.08. The Morgan fingerprint density at radius 2 is 1.90 bits per heavy atom. The molecule has 4 rings (SSSR count). The molecule has 2 aromatic carbocycles. The Morgan fingerprint density at radius 3 is 2.65 bits per heavy atom. The highest BCUT2D eigenvalue weighted by Crippen LogP contribution is 2.46. The summed E-state index contributed by atoms with van der Waals surface area (Å²) < 4.78 is 53.2. The molecule has 2 N–H and O–H groups in total. The van der Waals surface area contributed by atoms with Gasteiger partial charge in [-0.25, -0.2) is 0 Å². The number of nitrogens with zero attached hydrogens (tertiary/aromatic N) is 1. The Labute approximate surface area is 181 Å². The van der Waals surface area contributed by atoms with Gasteiger partial charge in [-0.1, -0.05) is 12.1 Å². The average molecular weight is 450 g/mol. The Balaban J connectivity index is 1.85. The zero-order valence-corrected chi connectivity index (χ0v) is 17.7. The minimum Gasteiger partial charge on any atom is -0.454 e. The van der Waals surface area contributed by atoms with Crippen LogP contribution in [-0.2, 0) is 0 Å². The molecule has 31 heavy (non-hydrogen) atoms. The van der Waals surface area contributed by atoms with Crippen LogP contribution in [0.15, 0.2) is 48.5 Å². The highest BCUT2D eigenvalue weighted by molar-refractivity contribution is 7.98. The number of pyridine rings is 1.